The van der Waals surface area contributed by atoms with Gasteiger partial charge in [0, 0.05) is 98.7 Å². The van der Waals surface area contributed by atoms with E-state index in [-0.39, 0.29) is 77.5 Å². The van der Waals surface area contributed by atoms with Crippen molar-refractivity contribution in [3.63, 3.8) is 0 Å². The summed E-state index contributed by atoms with van der Waals surface area (Å²) < 4.78 is 196. The van der Waals surface area contributed by atoms with E-state index in [4.69, 9.17) is 57.7 Å². The van der Waals surface area contributed by atoms with E-state index in [2.05, 4.69) is 85.0 Å². The second-order valence-electron chi connectivity index (χ2n) is 27.1. The van der Waals surface area contributed by atoms with Crippen LogP contribution in [-0.4, -0.2) is 77.3 Å². The number of para-hydroxylation sites is 5. The average Bonchev–Trinajstić information content (AvgIpc) is 0.757. The second-order valence-corrected chi connectivity index (χ2v) is 32.2. The topological polar surface area (TPSA) is 201 Å². The number of pyridine rings is 1. The van der Waals surface area contributed by atoms with Crippen molar-refractivity contribution in [2.45, 2.75) is 66.2 Å². The number of carbonyl (C=O) groups is 4. The third-order valence-corrected chi connectivity index (χ3v) is 23.4. The van der Waals surface area contributed by atoms with Crippen LogP contribution in [0.1, 0.15) is 64.2 Å². The Balaban J connectivity index is 0.000000247. The van der Waals surface area contributed by atoms with E-state index in [9.17, 15) is 76.7 Å². The molecule has 15 rings (SSSR count). The summed E-state index contributed by atoms with van der Waals surface area (Å²) in [5.74, 6) is -8.49. The molecular formula is C94H78BBr5Cl2F12N5O11. The highest BCUT2D eigenvalue weighted by molar-refractivity contribution is 9.11. The molecule has 0 atom stereocenters. The molecule has 0 aliphatic carbocycles. The molecule has 3 radical (unpaired) electrons. The highest BCUT2D eigenvalue weighted by Gasteiger charge is 2.35. The van der Waals surface area contributed by atoms with Crippen molar-refractivity contribution in [2.75, 3.05) is 56.4 Å². The van der Waals surface area contributed by atoms with Crippen molar-refractivity contribution in [1.29, 1.82) is 0 Å². The van der Waals surface area contributed by atoms with Gasteiger partial charge >= 0.3 is 5.97 Å². The number of carboxylic acids is 1. The number of amides is 3. The van der Waals surface area contributed by atoms with Crippen LogP contribution in [-0.2, 0) is 44.9 Å². The van der Waals surface area contributed by atoms with Gasteiger partial charge in [-0.25, -0.2) is 52.7 Å². The first-order valence-electron chi connectivity index (χ1n) is 37.4. The summed E-state index contributed by atoms with van der Waals surface area (Å²) in [6.45, 7) is 0. The monoisotopic (exact) mass is 2160 g/mol. The summed E-state index contributed by atoms with van der Waals surface area (Å²) in [6, 6.07) is 44.9. The SMILES string of the molecule is C.C.COc1cc(-c2ccc(F)cc2Cl)c2c(c1)N(c1c(F)cccc1F)C(=O)CC2.COc1cc(-c2ccc(F)cc2Cl)c2ccc(=O)n(-c3c(F)cccc3F)c2c1.COc1cc(Br)c(CCC(=O)Nc2c(F)cccc2F)c(Br)c1.COc1cc(Br)c(CCC(=O)O)c(Br)c1.COc1cc(Br)c2c(c1)N(c1c(F)cccc1F)C(=O)CC2.Nc1c(F)cccc1F.[2HH].[B]. The summed E-state index contributed by atoms with van der Waals surface area (Å²) in [7, 11) is 7.50. The summed E-state index contributed by atoms with van der Waals surface area (Å²) in [6.07, 6.45) is 2.16. The van der Waals surface area contributed by atoms with Gasteiger partial charge in [-0.1, -0.05) is 148 Å². The van der Waals surface area contributed by atoms with Crippen LogP contribution in [0.5, 0.6) is 28.7 Å². The van der Waals surface area contributed by atoms with Crippen LogP contribution in [0.2, 0.25) is 10.0 Å². The smallest absolute Gasteiger partial charge is 0.303 e. The Hall–Kier alpha value is -11.3. The Bertz CT molecular complexity index is 6300. The van der Waals surface area contributed by atoms with Crippen molar-refractivity contribution in [3.05, 3.63) is 335 Å². The van der Waals surface area contributed by atoms with Gasteiger partial charge in [-0.2, -0.15) is 0 Å². The second kappa shape index (κ2) is 48.0. The van der Waals surface area contributed by atoms with E-state index in [1.807, 2.05) is 12.1 Å². The lowest BCUT2D eigenvalue weighted by Gasteiger charge is -2.32. The molecule has 130 heavy (non-hydrogen) atoms. The number of nitrogen functional groups attached to an aromatic ring is 1. The van der Waals surface area contributed by atoms with E-state index in [1.54, 1.807) is 56.7 Å². The molecule has 681 valence electrons. The molecule has 0 saturated carbocycles. The Morgan fingerprint density at radius 1 is 0.415 bits per heavy atom. The molecule has 16 nitrogen and oxygen atoms in total. The molecule has 13 aromatic rings. The van der Waals surface area contributed by atoms with Crippen LogP contribution in [0.3, 0.4) is 0 Å². The molecule has 2 aliphatic rings. The van der Waals surface area contributed by atoms with Crippen molar-refractivity contribution < 1.29 is 102 Å². The predicted molar refractivity (Wildman–Crippen MR) is 502 cm³/mol. The first kappa shape index (κ1) is 106. The quantitative estimate of drug-likeness (QED) is 0.0443. The van der Waals surface area contributed by atoms with Gasteiger partial charge in [-0.3, -0.25) is 38.3 Å². The fourth-order valence-corrected chi connectivity index (χ4v) is 17.4. The molecule has 0 spiro atoms. The minimum absolute atomic E-state index is 0. The first-order valence-corrected chi connectivity index (χ1v) is 42.1. The zero-order valence-corrected chi connectivity index (χ0v) is 76.9. The zero-order chi connectivity index (χ0) is 92.5. The van der Waals surface area contributed by atoms with Crippen LogP contribution in [0.4, 0.5) is 86.8 Å². The van der Waals surface area contributed by atoms with Gasteiger partial charge in [0.25, 0.3) is 5.56 Å². The highest BCUT2D eigenvalue weighted by atomic mass is 79.9. The number of rotatable bonds is 17. The van der Waals surface area contributed by atoms with Crippen molar-refractivity contribution >= 4 is 180 Å². The maximum atomic E-state index is 14.5. The van der Waals surface area contributed by atoms with Gasteiger partial charge < -0.3 is 39.8 Å². The number of methoxy groups -OCH3 is 5. The lowest BCUT2D eigenvalue weighted by Crippen LogP contribution is -2.32. The number of carbonyl (C=O) groups excluding carboxylic acids is 3. The largest absolute Gasteiger partial charge is 0.497 e. The molecule has 1 aromatic heterocycles. The number of ether oxygens (including phenoxy) is 5. The lowest BCUT2D eigenvalue weighted by molar-refractivity contribution is -0.137. The molecule has 0 saturated heterocycles. The number of hydrogen-bond donors (Lipinski definition) is 3. The highest BCUT2D eigenvalue weighted by Crippen LogP contribution is 2.48. The molecule has 0 bridgehead atoms. The molecular weight excluding hydrogens is 2080 g/mol. The van der Waals surface area contributed by atoms with Gasteiger partial charge in [0.05, 0.1) is 62.5 Å². The number of anilines is 6. The van der Waals surface area contributed by atoms with E-state index in [1.165, 1.54) is 100 Å². The van der Waals surface area contributed by atoms with Crippen LogP contribution < -0.4 is 50.1 Å². The Morgan fingerprint density at radius 2 is 0.762 bits per heavy atom. The first-order chi connectivity index (χ1) is 60.5. The number of nitrogens with zero attached hydrogens (tertiary/aromatic N) is 3. The number of nitrogens with two attached hydrogens (primary N) is 1. The molecule has 3 amide bonds. The number of hydrogen-bond acceptors (Lipinski definition) is 11. The lowest BCUT2D eigenvalue weighted by atomic mass is 9.91. The molecule has 12 aromatic carbocycles. The standard InChI is InChI=1S/C22H15ClF3NO2.C22H13ClF3NO2.C16H13Br2F2NO2.C16H12BrF2NO2.C10H10Br2O3.C6H5F2N.2CH4.B.H2/c2*1-29-13-10-16(14-6-5-12(24)9-17(14)23)15-7-8-21(28)27(20(15)11-13)22-18(25)3-2-4-19(22)26;1-23-9-7-11(17)10(12(18)8-9)5-6-15(22)21-16-13(19)3-2-4-14(16)20;1-22-9-7-11(17)10-5-6-15(21)20(14(10)8-9)16-12(18)3-2-4-13(16)19;1-15-6-4-8(11)7(9(12)5-6)2-3-10(13)14;7-4-2-1-3-5(8)6(4)9;;;;/h2-6,9-11H,7-8H2,1H3;2-11H,1H3;2-4,7-8H,5-6H2,1H3,(H,21,22);2-4,7-8H,5-6H2,1H3;4-5H,2-3H2,1H3,(H,13,14);1-3H,9H2;2*1H4;;1H/i;;;;;;;;;1+1. The number of benzene rings is 12. The Labute approximate surface area is 794 Å². The number of aliphatic carboxylic acids is 1. The minimum Gasteiger partial charge on any atom is -0.497 e. The molecule has 36 heteroatoms. The number of carboxylic acid groups (broad SMARTS) is 1. The zero-order valence-electron chi connectivity index (χ0n) is 67.4. The fourth-order valence-electron chi connectivity index (χ4n) is 13.1. The van der Waals surface area contributed by atoms with Crippen molar-refractivity contribution in [3.8, 4) is 56.7 Å². The van der Waals surface area contributed by atoms with E-state index >= 15 is 0 Å². The average molecular weight is 2160 g/mol. The maximum Gasteiger partial charge on any atom is 0.303 e. The summed E-state index contributed by atoms with van der Waals surface area (Å²) in [5, 5.41) is 11.7. The fraction of sp³-hybridized carbons (Fsp3) is 0.160. The van der Waals surface area contributed by atoms with Crippen LogP contribution in [0, 0.1) is 69.8 Å². The van der Waals surface area contributed by atoms with E-state index in [0.717, 1.165) is 126 Å². The predicted octanol–water partition coefficient (Wildman–Crippen LogP) is 27.1. The molecule has 2 aliphatic heterocycles. The number of fused-ring (bicyclic) bond motifs is 3. The number of halogens is 19. The number of nitrogens with one attached hydrogen (secondary N) is 1. The van der Waals surface area contributed by atoms with Gasteiger partial charge in [0.15, 0.2) is 0 Å². The van der Waals surface area contributed by atoms with Gasteiger partial charge in [0.1, 0.15) is 127 Å². The van der Waals surface area contributed by atoms with Gasteiger partial charge in [0.2, 0.25) is 17.7 Å². The minimum atomic E-state index is -0.885. The van der Waals surface area contributed by atoms with E-state index in [0.29, 0.717) is 93.3 Å². The summed E-state index contributed by atoms with van der Waals surface area (Å²) in [5.41, 5.74) is 8.59. The van der Waals surface area contributed by atoms with E-state index < -0.39 is 116 Å². The number of aromatic nitrogens is 1. The summed E-state index contributed by atoms with van der Waals surface area (Å²) >= 11 is 29.5. The normalized spacial score (nSPS) is 11.5. The maximum absolute atomic E-state index is 14.5. The summed E-state index contributed by atoms with van der Waals surface area (Å²) in [4.78, 5) is 62.1. The van der Waals surface area contributed by atoms with Crippen LogP contribution in [0.15, 0.2) is 227 Å². The molecule has 0 unspecified atom stereocenters. The van der Waals surface area contributed by atoms with Crippen molar-refractivity contribution in [1.82, 2.24) is 4.57 Å². The van der Waals surface area contributed by atoms with Crippen LogP contribution >= 0.6 is 103 Å². The Kier molecular flexibility index (Phi) is 39.1. The van der Waals surface area contributed by atoms with Gasteiger partial charge in [-0.05, 0) is 205 Å². The van der Waals surface area contributed by atoms with Gasteiger partial charge in [-0.15, -0.1) is 0 Å². The Morgan fingerprint density at radius 3 is 1.17 bits per heavy atom. The van der Waals surface area contributed by atoms with Crippen LogP contribution in [0.25, 0.3) is 38.8 Å². The van der Waals surface area contributed by atoms with Crippen molar-refractivity contribution in [2.24, 2.45) is 0 Å². The molecule has 3 heterocycles. The molecule has 4 N–H and O–H groups in total. The third kappa shape index (κ3) is 25.5. The molecule has 0 fully saturated rings. The third-order valence-electron chi connectivity index (χ3n) is 19.2.